The maximum Gasteiger partial charge on any atom is 0.235 e. The molecule has 4 heteroatoms. The fourth-order valence-corrected chi connectivity index (χ4v) is 3.19. The minimum Gasteiger partial charge on any atom is -0.331 e. The van der Waals surface area contributed by atoms with Gasteiger partial charge in [0, 0.05) is 12.6 Å². The number of aliphatic imine (C=N–C) groups is 1. The molecule has 1 saturated carbocycles. The van der Waals surface area contributed by atoms with Gasteiger partial charge in [0.1, 0.15) is 11.4 Å². The Morgan fingerprint density at radius 3 is 2.79 bits per heavy atom. The quantitative estimate of drug-likeness (QED) is 0.611. The lowest BCUT2D eigenvalue weighted by Crippen LogP contribution is -2.19. The van der Waals surface area contributed by atoms with Crippen molar-refractivity contribution in [1.82, 2.24) is 9.55 Å². The Bertz CT molecular complexity index is 674. The Morgan fingerprint density at radius 1 is 1.37 bits per heavy atom. The Kier molecular flexibility index (Phi) is 2.76. The molecule has 1 aliphatic carbocycles. The lowest BCUT2D eigenvalue weighted by atomic mass is 9.88. The second kappa shape index (κ2) is 4.32. The van der Waals surface area contributed by atoms with Crippen molar-refractivity contribution in [2.45, 2.75) is 38.1 Å². The van der Waals surface area contributed by atoms with Crippen LogP contribution in [0.2, 0.25) is 0 Å². The SMILES string of the molecule is Cc1nc2c(C3(N=C=O)CCCC3)cccc2n1C. The molecule has 0 unspecified atom stereocenters. The van der Waals surface area contributed by atoms with Crippen LogP contribution < -0.4 is 0 Å². The standard InChI is InChI=1S/C15H17N3O/c1-11-17-14-12(6-5-7-13(14)18(11)2)15(16-10-19)8-3-4-9-15/h5-7H,3-4,8-9H2,1-2H3. The fraction of sp³-hybridized carbons (Fsp3) is 0.467. The summed E-state index contributed by atoms with van der Waals surface area (Å²) in [6, 6.07) is 6.15. The molecule has 1 aliphatic rings. The van der Waals surface area contributed by atoms with Crippen LogP contribution in [0.1, 0.15) is 37.1 Å². The molecule has 0 N–H and O–H groups in total. The van der Waals surface area contributed by atoms with E-state index in [1.54, 1.807) is 6.08 Å². The molecule has 0 amide bonds. The van der Waals surface area contributed by atoms with Gasteiger partial charge >= 0.3 is 0 Å². The van der Waals surface area contributed by atoms with E-state index in [1.165, 1.54) is 0 Å². The van der Waals surface area contributed by atoms with Crippen LogP contribution in [0.3, 0.4) is 0 Å². The smallest absolute Gasteiger partial charge is 0.235 e. The maximum atomic E-state index is 10.8. The molecular weight excluding hydrogens is 238 g/mol. The topological polar surface area (TPSA) is 47.2 Å². The van der Waals surface area contributed by atoms with Crippen LogP contribution in [0.4, 0.5) is 0 Å². The van der Waals surface area contributed by atoms with Gasteiger partial charge in [-0.1, -0.05) is 25.0 Å². The number of fused-ring (bicyclic) bond motifs is 1. The number of nitrogens with zero attached hydrogens (tertiary/aromatic N) is 3. The molecule has 0 spiro atoms. The average molecular weight is 255 g/mol. The number of isocyanates is 1. The third kappa shape index (κ3) is 1.71. The van der Waals surface area contributed by atoms with Gasteiger partial charge in [-0.05, 0) is 25.8 Å². The minimum absolute atomic E-state index is 0.401. The van der Waals surface area contributed by atoms with E-state index in [0.717, 1.165) is 48.1 Å². The van der Waals surface area contributed by atoms with E-state index in [9.17, 15) is 4.79 Å². The van der Waals surface area contributed by atoms with Crippen LogP contribution in [-0.4, -0.2) is 15.6 Å². The number of para-hydroxylation sites is 1. The summed E-state index contributed by atoms with van der Waals surface area (Å²) < 4.78 is 2.08. The summed E-state index contributed by atoms with van der Waals surface area (Å²) in [5, 5.41) is 0. The maximum absolute atomic E-state index is 10.8. The Morgan fingerprint density at radius 2 is 2.11 bits per heavy atom. The summed E-state index contributed by atoms with van der Waals surface area (Å²) in [7, 11) is 2.01. The van der Waals surface area contributed by atoms with Gasteiger partial charge in [-0.25, -0.2) is 9.78 Å². The Hall–Kier alpha value is -1.93. The highest BCUT2D eigenvalue weighted by Crippen LogP contribution is 2.44. The van der Waals surface area contributed by atoms with Gasteiger partial charge in [-0.15, -0.1) is 0 Å². The number of imidazole rings is 1. The third-order valence-electron chi connectivity index (χ3n) is 4.33. The van der Waals surface area contributed by atoms with Gasteiger partial charge in [-0.3, -0.25) is 0 Å². The second-order valence-corrected chi connectivity index (χ2v) is 5.33. The van der Waals surface area contributed by atoms with Crippen LogP contribution in [0.5, 0.6) is 0 Å². The molecule has 4 nitrogen and oxygen atoms in total. The summed E-state index contributed by atoms with van der Waals surface area (Å²) in [5.74, 6) is 0.977. The van der Waals surface area contributed by atoms with Gasteiger partial charge in [0.25, 0.3) is 0 Å². The summed E-state index contributed by atoms with van der Waals surface area (Å²) in [5.41, 5.74) is 2.75. The van der Waals surface area contributed by atoms with Crippen molar-refractivity contribution in [3.63, 3.8) is 0 Å². The molecule has 0 radical (unpaired) electrons. The van der Waals surface area contributed by atoms with Crippen molar-refractivity contribution < 1.29 is 4.79 Å². The van der Waals surface area contributed by atoms with Gasteiger partial charge in [0.2, 0.25) is 6.08 Å². The molecule has 1 heterocycles. The molecule has 0 atom stereocenters. The van der Waals surface area contributed by atoms with Crippen molar-refractivity contribution in [2.24, 2.45) is 12.0 Å². The highest BCUT2D eigenvalue weighted by molar-refractivity contribution is 5.81. The number of hydrogen-bond acceptors (Lipinski definition) is 3. The largest absolute Gasteiger partial charge is 0.331 e. The van der Waals surface area contributed by atoms with Crippen LogP contribution in [0.25, 0.3) is 11.0 Å². The van der Waals surface area contributed by atoms with Gasteiger partial charge in [0.05, 0.1) is 11.0 Å². The number of carbonyl (C=O) groups excluding carboxylic acids is 1. The highest BCUT2D eigenvalue weighted by Gasteiger charge is 2.37. The average Bonchev–Trinajstić information content (AvgIpc) is 2.98. The molecule has 98 valence electrons. The molecule has 19 heavy (non-hydrogen) atoms. The van der Waals surface area contributed by atoms with E-state index in [2.05, 4.69) is 26.7 Å². The number of benzene rings is 1. The first-order chi connectivity index (χ1) is 9.18. The molecule has 0 saturated heterocycles. The van der Waals surface area contributed by atoms with E-state index < -0.39 is 5.54 Å². The summed E-state index contributed by atoms with van der Waals surface area (Å²) >= 11 is 0. The third-order valence-corrected chi connectivity index (χ3v) is 4.33. The number of rotatable bonds is 2. The predicted molar refractivity (Wildman–Crippen MR) is 73.7 cm³/mol. The van der Waals surface area contributed by atoms with Crippen molar-refractivity contribution in [3.8, 4) is 0 Å². The van der Waals surface area contributed by atoms with Crippen molar-refractivity contribution in [3.05, 3.63) is 29.6 Å². The zero-order valence-corrected chi connectivity index (χ0v) is 11.3. The molecular formula is C15H17N3O. The van der Waals surface area contributed by atoms with Crippen molar-refractivity contribution in [2.75, 3.05) is 0 Å². The first kappa shape index (κ1) is 12.1. The van der Waals surface area contributed by atoms with E-state index >= 15 is 0 Å². The minimum atomic E-state index is -0.401. The Balaban J connectivity index is 2.30. The predicted octanol–water partition coefficient (Wildman–Crippen LogP) is 2.99. The molecule has 0 bridgehead atoms. The van der Waals surface area contributed by atoms with E-state index in [1.807, 2.05) is 20.0 Å². The van der Waals surface area contributed by atoms with Crippen molar-refractivity contribution >= 4 is 17.1 Å². The lowest BCUT2D eigenvalue weighted by Gasteiger charge is -2.23. The van der Waals surface area contributed by atoms with Crippen LogP contribution in [-0.2, 0) is 17.4 Å². The molecule has 1 aromatic heterocycles. The summed E-state index contributed by atoms with van der Waals surface area (Å²) in [6.07, 6.45) is 5.81. The summed E-state index contributed by atoms with van der Waals surface area (Å²) in [6.45, 7) is 1.99. The molecule has 0 aliphatic heterocycles. The number of aryl methyl sites for hydroxylation is 2. The van der Waals surface area contributed by atoms with Crippen LogP contribution in [0, 0.1) is 6.92 Å². The number of aromatic nitrogens is 2. The van der Waals surface area contributed by atoms with Crippen LogP contribution >= 0.6 is 0 Å². The normalized spacial score (nSPS) is 17.6. The van der Waals surface area contributed by atoms with Gasteiger partial charge < -0.3 is 4.57 Å². The first-order valence-electron chi connectivity index (χ1n) is 6.69. The van der Waals surface area contributed by atoms with Crippen LogP contribution in [0.15, 0.2) is 23.2 Å². The fourth-order valence-electron chi connectivity index (χ4n) is 3.19. The molecule has 1 aromatic carbocycles. The summed E-state index contributed by atoms with van der Waals surface area (Å²) in [4.78, 5) is 19.6. The Labute approximate surface area is 112 Å². The van der Waals surface area contributed by atoms with Gasteiger partial charge in [0.15, 0.2) is 0 Å². The lowest BCUT2D eigenvalue weighted by molar-refractivity contribution is 0.459. The van der Waals surface area contributed by atoms with E-state index in [4.69, 9.17) is 0 Å². The van der Waals surface area contributed by atoms with E-state index in [-0.39, 0.29) is 0 Å². The monoisotopic (exact) mass is 255 g/mol. The first-order valence-corrected chi connectivity index (χ1v) is 6.69. The molecule has 2 aromatic rings. The zero-order chi connectivity index (χ0) is 13.5. The van der Waals surface area contributed by atoms with E-state index in [0.29, 0.717) is 0 Å². The molecule has 3 rings (SSSR count). The van der Waals surface area contributed by atoms with Gasteiger partial charge in [-0.2, -0.15) is 4.99 Å². The second-order valence-electron chi connectivity index (χ2n) is 5.33. The highest BCUT2D eigenvalue weighted by atomic mass is 16.1. The zero-order valence-electron chi connectivity index (χ0n) is 11.3. The number of hydrogen-bond donors (Lipinski definition) is 0. The molecule has 1 fully saturated rings. The van der Waals surface area contributed by atoms with Crippen molar-refractivity contribution in [1.29, 1.82) is 0 Å².